The zero-order valence-electron chi connectivity index (χ0n) is 16.4. The zero-order valence-corrected chi connectivity index (χ0v) is 17.1. The molecule has 30 heavy (non-hydrogen) atoms. The predicted molar refractivity (Wildman–Crippen MR) is 124 cm³/mol. The Morgan fingerprint density at radius 1 is 0.767 bits per heavy atom. The van der Waals surface area contributed by atoms with Gasteiger partial charge in [-0.15, -0.1) is 0 Å². The number of halogens is 1. The summed E-state index contributed by atoms with van der Waals surface area (Å²) < 4.78 is 2.19. The molecule has 0 unspecified atom stereocenters. The van der Waals surface area contributed by atoms with Gasteiger partial charge >= 0.3 is 0 Å². The lowest BCUT2D eigenvalue weighted by Crippen LogP contribution is -2.00. The van der Waals surface area contributed by atoms with E-state index in [0.29, 0.717) is 10.6 Å². The van der Waals surface area contributed by atoms with Crippen molar-refractivity contribution >= 4 is 17.7 Å². The van der Waals surface area contributed by atoms with Crippen molar-refractivity contribution in [1.82, 2.24) is 4.57 Å². The maximum Gasteiger partial charge on any atom is 0.0667 e. The quantitative estimate of drug-likeness (QED) is 0.416. The number of hydrogen-bond donors (Lipinski definition) is 2. The molecule has 0 saturated carbocycles. The SMILES string of the molecule is OCC(=Cc1cc(-c2ccccc2)n(-c2ccc(Cl)cc2)c1-c1ccccc1)CO. The summed E-state index contributed by atoms with van der Waals surface area (Å²) >= 11 is 6.15. The molecule has 0 fully saturated rings. The molecule has 0 saturated heterocycles. The van der Waals surface area contributed by atoms with E-state index < -0.39 is 0 Å². The van der Waals surface area contributed by atoms with Gasteiger partial charge in [-0.05, 0) is 53.1 Å². The van der Waals surface area contributed by atoms with Gasteiger partial charge in [0.15, 0.2) is 0 Å². The molecule has 150 valence electrons. The van der Waals surface area contributed by atoms with Crippen molar-refractivity contribution in [1.29, 1.82) is 0 Å². The van der Waals surface area contributed by atoms with E-state index in [-0.39, 0.29) is 13.2 Å². The van der Waals surface area contributed by atoms with E-state index in [4.69, 9.17) is 11.6 Å². The summed E-state index contributed by atoms with van der Waals surface area (Å²) in [5, 5.41) is 20.0. The molecule has 0 atom stereocenters. The molecule has 0 spiro atoms. The van der Waals surface area contributed by atoms with Gasteiger partial charge in [0.1, 0.15) is 0 Å². The molecule has 0 aliphatic rings. The van der Waals surface area contributed by atoms with E-state index in [1.165, 1.54) is 0 Å². The number of aromatic nitrogens is 1. The van der Waals surface area contributed by atoms with E-state index in [0.717, 1.165) is 33.8 Å². The highest BCUT2D eigenvalue weighted by Gasteiger charge is 2.18. The Labute approximate surface area is 181 Å². The van der Waals surface area contributed by atoms with Gasteiger partial charge in [-0.1, -0.05) is 72.3 Å². The zero-order chi connectivity index (χ0) is 20.9. The normalized spacial score (nSPS) is 10.8. The van der Waals surface area contributed by atoms with Gasteiger partial charge < -0.3 is 14.8 Å². The summed E-state index contributed by atoms with van der Waals surface area (Å²) in [5.74, 6) is 0. The van der Waals surface area contributed by atoms with Crippen molar-refractivity contribution in [3.8, 4) is 28.2 Å². The molecule has 3 aromatic carbocycles. The van der Waals surface area contributed by atoms with Crippen LogP contribution in [-0.4, -0.2) is 28.0 Å². The molecule has 0 aliphatic heterocycles. The molecule has 1 aromatic heterocycles. The van der Waals surface area contributed by atoms with Crippen LogP contribution in [-0.2, 0) is 0 Å². The van der Waals surface area contributed by atoms with Crippen LogP contribution in [0.5, 0.6) is 0 Å². The monoisotopic (exact) mass is 415 g/mol. The van der Waals surface area contributed by atoms with Crippen LogP contribution in [0.3, 0.4) is 0 Å². The summed E-state index contributed by atoms with van der Waals surface area (Å²) in [6.45, 7) is -0.394. The fourth-order valence-electron chi connectivity index (χ4n) is 3.57. The molecule has 2 N–H and O–H groups in total. The van der Waals surface area contributed by atoms with Gasteiger partial charge in [-0.25, -0.2) is 0 Å². The van der Waals surface area contributed by atoms with E-state index in [9.17, 15) is 10.2 Å². The van der Waals surface area contributed by atoms with Crippen LogP contribution in [0.1, 0.15) is 5.56 Å². The third kappa shape index (κ3) is 4.10. The molecule has 0 aliphatic carbocycles. The van der Waals surface area contributed by atoms with Crippen LogP contribution in [0.2, 0.25) is 5.02 Å². The Balaban J connectivity index is 2.07. The lowest BCUT2D eigenvalue weighted by Gasteiger charge is -2.15. The van der Waals surface area contributed by atoms with Crippen LogP contribution >= 0.6 is 11.6 Å². The van der Waals surface area contributed by atoms with Crippen LogP contribution in [0.25, 0.3) is 34.3 Å². The van der Waals surface area contributed by atoms with Gasteiger partial charge in [0, 0.05) is 16.3 Å². The van der Waals surface area contributed by atoms with Crippen molar-refractivity contribution in [2.24, 2.45) is 0 Å². The highest BCUT2D eigenvalue weighted by atomic mass is 35.5. The number of hydrogen-bond acceptors (Lipinski definition) is 2. The Morgan fingerprint density at radius 3 is 1.90 bits per heavy atom. The molecule has 3 nitrogen and oxygen atoms in total. The minimum atomic E-state index is -0.197. The van der Waals surface area contributed by atoms with Crippen molar-refractivity contribution in [2.45, 2.75) is 0 Å². The van der Waals surface area contributed by atoms with Gasteiger partial charge in [0.2, 0.25) is 0 Å². The van der Waals surface area contributed by atoms with Crippen LogP contribution < -0.4 is 0 Å². The number of aliphatic hydroxyl groups is 2. The van der Waals surface area contributed by atoms with E-state index in [1.807, 2.05) is 66.7 Å². The number of benzene rings is 3. The van der Waals surface area contributed by atoms with E-state index in [2.05, 4.69) is 34.9 Å². The summed E-state index contributed by atoms with van der Waals surface area (Å²) in [5.41, 5.74) is 6.56. The second-order valence-corrected chi connectivity index (χ2v) is 7.43. The standard InChI is InChI=1S/C26H22ClNO2/c27-23-11-13-24(14-12-23)28-25(20-7-3-1-4-8-20)16-22(15-19(17-29)18-30)26(28)21-9-5-2-6-10-21/h1-16,29-30H,17-18H2. The summed E-state index contributed by atoms with van der Waals surface area (Å²) in [4.78, 5) is 0. The van der Waals surface area contributed by atoms with Crippen molar-refractivity contribution < 1.29 is 10.2 Å². The van der Waals surface area contributed by atoms with E-state index >= 15 is 0 Å². The first-order chi connectivity index (χ1) is 14.7. The molecule has 4 aromatic rings. The lowest BCUT2D eigenvalue weighted by atomic mass is 10.1. The van der Waals surface area contributed by atoms with Gasteiger partial charge in [0.05, 0.1) is 24.6 Å². The lowest BCUT2D eigenvalue weighted by molar-refractivity contribution is 0.278. The number of aliphatic hydroxyl groups excluding tert-OH is 2. The van der Waals surface area contributed by atoms with Gasteiger partial charge in [-0.2, -0.15) is 0 Å². The van der Waals surface area contributed by atoms with E-state index in [1.54, 1.807) is 0 Å². The maximum atomic E-state index is 9.64. The topological polar surface area (TPSA) is 45.4 Å². The number of nitrogens with zero attached hydrogens (tertiary/aromatic N) is 1. The third-order valence-electron chi connectivity index (χ3n) is 5.00. The first kappa shape index (κ1) is 20.2. The Bertz CT molecular complexity index is 1140. The highest BCUT2D eigenvalue weighted by Crippen LogP contribution is 2.37. The first-order valence-corrected chi connectivity index (χ1v) is 10.1. The summed E-state index contributed by atoms with van der Waals surface area (Å²) in [6, 6.07) is 30.1. The van der Waals surface area contributed by atoms with Crippen molar-refractivity contribution in [2.75, 3.05) is 13.2 Å². The predicted octanol–water partition coefficient (Wildman–Crippen LogP) is 5.83. The minimum absolute atomic E-state index is 0.197. The Hall–Kier alpha value is -3.11. The number of rotatable bonds is 6. The smallest absolute Gasteiger partial charge is 0.0667 e. The molecular weight excluding hydrogens is 394 g/mol. The second-order valence-electron chi connectivity index (χ2n) is 7.00. The highest BCUT2D eigenvalue weighted by molar-refractivity contribution is 6.30. The molecule has 0 amide bonds. The molecule has 0 radical (unpaired) electrons. The average Bonchev–Trinajstić information content (AvgIpc) is 3.18. The average molecular weight is 416 g/mol. The molecule has 4 heteroatoms. The Morgan fingerprint density at radius 2 is 1.33 bits per heavy atom. The van der Waals surface area contributed by atoms with Crippen LogP contribution in [0.4, 0.5) is 0 Å². The van der Waals surface area contributed by atoms with Crippen LogP contribution in [0, 0.1) is 0 Å². The third-order valence-corrected chi connectivity index (χ3v) is 5.25. The van der Waals surface area contributed by atoms with Gasteiger partial charge in [-0.3, -0.25) is 0 Å². The van der Waals surface area contributed by atoms with Crippen molar-refractivity contribution in [3.05, 3.63) is 107 Å². The molecule has 1 heterocycles. The molecule has 4 rings (SSSR count). The van der Waals surface area contributed by atoms with Gasteiger partial charge in [0.25, 0.3) is 0 Å². The maximum absolute atomic E-state index is 9.64. The minimum Gasteiger partial charge on any atom is -0.392 e. The summed E-state index contributed by atoms with van der Waals surface area (Å²) in [7, 11) is 0. The van der Waals surface area contributed by atoms with Crippen LogP contribution in [0.15, 0.2) is 96.6 Å². The fourth-order valence-corrected chi connectivity index (χ4v) is 3.70. The van der Waals surface area contributed by atoms with Crippen molar-refractivity contribution in [3.63, 3.8) is 0 Å². The molecule has 0 bridgehead atoms. The first-order valence-electron chi connectivity index (χ1n) is 9.75. The second kappa shape index (κ2) is 9.14. The Kier molecular flexibility index (Phi) is 6.15. The largest absolute Gasteiger partial charge is 0.392 e. The fraction of sp³-hybridized carbons (Fsp3) is 0.0769. The summed E-state index contributed by atoms with van der Waals surface area (Å²) in [6.07, 6.45) is 1.86. The molecular formula is C26H22ClNO2.